The molecule has 2 amide bonds. The van der Waals surface area contributed by atoms with Crippen molar-refractivity contribution in [3.63, 3.8) is 0 Å². The fourth-order valence-electron chi connectivity index (χ4n) is 3.12. The Morgan fingerprint density at radius 2 is 2.00 bits per heavy atom. The van der Waals surface area contributed by atoms with Crippen molar-refractivity contribution in [2.24, 2.45) is 5.92 Å². The molecule has 0 saturated heterocycles. The zero-order valence-electron chi connectivity index (χ0n) is 16.4. The number of benzene rings is 1. The number of ether oxygens (including phenoxy) is 1. The monoisotopic (exact) mass is 395 g/mol. The second kappa shape index (κ2) is 10.5. The average molecular weight is 396 g/mol. The highest BCUT2D eigenvalue weighted by Crippen LogP contribution is 2.28. The molecule has 1 saturated carbocycles. The summed E-state index contributed by atoms with van der Waals surface area (Å²) in [5, 5.41) is 6.21. The van der Waals surface area contributed by atoms with Gasteiger partial charge in [-0.3, -0.25) is 9.59 Å². The Morgan fingerprint density at radius 1 is 1.30 bits per heavy atom. The van der Waals surface area contributed by atoms with E-state index in [1.807, 2.05) is 25.9 Å². The molecule has 7 heteroatoms. The maximum Gasteiger partial charge on any atom is 0.226 e. The van der Waals surface area contributed by atoms with Crippen molar-refractivity contribution in [3.8, 4) is 5.75 Å². The Hall–Kier alpha value is -1.79. The molecule has 0 bridgehead atoms. The van der Waals surface area contributed by atoms with Crippen LogP contribution in [0.3, 0.4) is 0 Å². The molecular formula is C20H30ClN3O3. The van der Waals surface area contributed by atoms with Gasteiger partial charge in [-0.2, -0.15) is 0 Å². The van der Waals surface area contributed by atoms with E-state index >= 15 is 0 Å². The molecule has 0 heterocycles. The SMILES string of the molecule is CC(CC(=O)Nc1ccc(OCCN(C)C)c(Cl)c1)NC(=O)C1CCCC1. The first-order valence-electron chi connectivity index (χ1n) is 9.52. The van der Waals surface area contributed by atoms with Crippen LogP contribution in [0.15, 0.2) is 18.2 Å². The van der Waals surface area contributed by atoms with Crippen molar-refractivity contribution in [1.29, 1.82) is 0 Å². The highest BCUT2D eigenvalue weighted by atomic mass is 35.5. The summed E-state index contributed by atoms with van der Waals surface area (Å²) in [7, 11) is 3.95. The van der Waals surface area contributed by atoms with Gasteiger partial charge in [0.1, 0.15) is 12.4 Å². The van der Waals surface area contributed by atoms with Crippen LogP contribution in [0.5, 0.6) is 5.75 Å². The number of nitrogens with zero attached hydrogens (tertiary/aromatic N) is 1. The molecule has 1 aromatic carbocycles. The smallest absolute Gasteiger partial charge is 0.226 e. The molecule has 2 rings (SSSR count). The minimum absolute atomic E-state index is 0.0649. The first-order chi connectivity index (χ1) is 12.8. The topological polar surface area (TPSA) is 70.7 Å². The summed E-state index contributed by atoms with van der Waals surface area (Å²) in [6.07, 6.45) is 4.35. The predicted octanol–water partition coefficient (Wildman–Crippen LogP) is 3.30. The Labute approximate surface area is 166 Å². The van der Waals surface area contributed by atoms with Crippen molar-refractivity contribution in [2.45, 2.75) is 45.1 Å². The fourth-order valence-corrected chi connectivity index (χ4v) is 3.36. The predicted molar refractivity (Wildman–Crippen MR) is 108 cm³/mol. The lowest BCUT2D eigenvalue weighted by Gasteiger charge is -2.17. The van der Waals surface area contributed by atoms with Gasteiger partial charge in [0, 0.05) is 30.6 Å². The molecule has 0 spiro atoms. The number of carbonyl (C=O) groups is 2. The lowest BCUT2D eigenvalue weighted by atomic mass is 10.1. The van der Waals surface area contributed by atoms with E-state index in [9.17, 15) is 9.59 Å². The van der Waals surface area contributed by atoms with Crippen LogP contribution < -0.4 is 15.4 Å². The van der Waals surface area contributed by atoms with Gasteiger partial charge in [0.05, 0.1) is 5.02 Å². The standard InChI is InChI=1S/C20H30ClN3O3/c1-14(22-20(26)15-6-4-5-7-15)12-19(25)23-16-8-9-18(17(21)13-16)27-11-10-24(2)3/h8-9,13-15H,4-7,10-12H2,1-3H3,(H,22,26)(H,23,25). The molecule has 1 unspecified atom stereocenters. The van der Waals surface area contributed by atoms with Crippen molar-refractivity contribution in [1.82, 2.24) is 10.2 Å². The third-order valence-corrected chi connectivity index (χ3v) is 4.91. The van der Waals surface area contributed by atoms with Crippen LogP contribution in [0.25, 0.3) is 0 Å². The van der Waals surface area contributed by atoms with E-state index in [4.69, 9.17) is 16.3 Å². The van der Waals surface area contributed by atoms with Crippen LogP contribution in [-0.4, -0.2) is 50.0 Å². The molecule has 1 aliphatic carbocycles. The van der Waals surface area contributed by atoms with E-state index in [0.29, 0.717) is 23.1 Å². The minimum Gasteiger partial charge on any atom is -0.491 e. The van der Waals surface area contributed by atoms with Crippen LogP contribution >= 0.6 is 11.6 Å². The Morgan fingerprint density at radius 3 is 2.63 bits per heavy atom. The summed E-state index contributed by atoms with van der Waals surface area (Å²) in [6.45, 7) is 3.18. The molecule has 1 fully saturated rings. The molecule has 1 aliphatic rings. The van der Waals surface area contributed by atoms with Crippen LogP contribution in [0.1, 0.15) is 39.0 Å². The molecule has 0 radical (unpaired) electrons. The van der Waals surface area contributed by atoms with Crippen LogP contribution in [0.4, 0.5) is 5.69 Å². The van der Waals surface area contributed by atoms with Crippen LogP contribution in [0, 0.1) is 5.92 Å². The lowest BCUT2D eigenvalue weighted by molar-refractivity contribution is -0.125. The third kappa shape index (κ3) is 7.39. The molecule has 27 heavy (non-hydrogen) atoms. The van der Waals surface area contributed by atoms with Gasteiger partial charge in [0.25, 0.3) is 0 Å². The largest absolute Gasteiger partial charge is 0.491 e. The summed E-state index contributed by atoms with van der Waals surface area (Å²) < 4.78 is 5.63. The quantitative estimate of drug-likeness (QED) is 0.673. The zero-order chi connectivity index (χ0) is 19.8. The first kappa shape index (κ1) is 21.5. The van der Waals surface area contributed by atoms with Crippen molar-refractivity contribution in [3.05, 3.63) is 23.2 Å². The number of anilines is 1. The Balaban J connectivity index is 1.78. The summed E-state index contributed by atoms with van der Waals surface area (Å²) in [4.78, 5) is 26.4. The number of likely N-dealkylation sites (N-methyl/N-ethyl adjacent to an activating group) is 1. The highest BCUT2D eigenvalue weighted by Gasteiger charge is 2.24. The summed E-state index contributed by atoms with van der Waals surface area (Å²) in [5.41, 5.74) is 0.610. The van der Waals surface area contributed by atoms with Gasteiger partial charge >= 0.3 is 0 Å². The second-order valence-electron chi connectivity index (χ2n) is 7.44. The van der Waals surface area contributed by atoms with Crippen molar-refractivity contribution >= 4 is 29.1 Å². The number of hydrogen-bond donors (Lipinski definition) is 2. The number of hydrogen-bond acceptors (Lipinski definition) is 4. The number of carbonyl (C=O) groups excluding carboxylic acids is 2. The van der Waals surface area contributed by atoms with Gasteiger partial charge in [0.15, 0.2) is 0 Å². The molecule has 6 nitrogen and oxygen atoms in total. The van der Waals surface area contributed by atoms with Gasteiger partial charge in [-0.25, -0.2) is 0 Å². The van der Waals surface area contributed by atoms with Crippen LogP contribution in [0.2, 0.25) is 5.02 Å². The molecule has 0 aliphatic heterocycles. The molecule has 0 aromatic heterocycles. The maximum absolute atomic E-state index is 12.2. The highest BCUT2D eigenvalue weighted by molar-refractivity contribution is 6.32. The van der Waals surface area contributed by atoms with E-state index in [1.54, 1.807) is 18.2 Å². The van der Waals surface area contributed by atoms with E-state index in [-0.39, 0.29) is 30.2 Å². The minimum atomic E-state index is -0.206. The van der Waals surface area contributed by atoms with Gasteiger partial charge in [-0.15, -0.1) is 0 Å². The van der Waals surface area contributed by atoms with E-state index < -0.39 is 0 Å². The van der Waals surface area contributed by atoms with Gasteiger partial charge in [0.2, 0.25) is 11.8 Å². The molecule has 1 atom stereocenters. The van der Waals surface area contributed by atoms with Crippen LogP contribution in [-0.2, 0) is 9.59 Å². The Kier molecular flexibility index (Phi) is 8.38. The lowest BCUT2D eigenvalue weighted by Crippen LogP contribution is -2.38. The normalized spacial score (nSPS) is 15.6. The van der Waals surface area contributed by atoms with E-state index in [0.717, 1.165) is 32.2 Å². The van der Waals surface area contributed by atoms with Crippen molar-refractivity contribution < 1.29 is 14.3 Å². The maximum atomic E-state index is 12.2. The first-order valence-corrected chi connectivity index (χ1v) is 9.90. The van der Waals surface area contributed by atoms with Gasteiger partial charge in [-0.05, 0) is 52.1 Å². The Bertz CT molecular complexity index is 645. The van der Waals surface area contributed by atoms with Gasteiger partial charge in [-0.1, -0.05) is 24.4 Å². The number of nitrogens with one attached hydrogen (secondary N) is 2. The second-order valence-corrected chi connectivity index (χ2v) is 7.85. The molecular weight excluding hydrogens is 366 g/mol. The van der Waals surface area contributed by atoms with E-state index in [2.05, 4.69) is 10.6 Å². The molecule has 2 N–H and O–H groups in total. The fraction of sp³-hybridized carbons (Fsp3) is 0.600. The summed E-state index contributed by atoms with van der Waals surface area (Å²) >= 11 is 6.23. The van der Waals surface area contributed by atoms with Gasteiger partial charge < -0.3 is 20.3 Å². The number of halogens is 1. The zero-order valence-corrected chi connectivity index (χ0v) is 17.1. The third-order valence-electron chi connectivity index (χ3n) is 4.62. The molecule has 1 aromatic rings. The molecule has 150 valence electrons. The summed E-state index contributed by atoms with van der Waals surface area (Å²) in [6, 6.07) is 4.98. The summed E-state index contributed by atoms with van der Waals surface area (Å²) in [5.74, 6) is 0.602. The average Bonchev–Trinajstić information content (AvgIpc) is 3.11. The number of amides is 2. The van der Waals surface area contributed by atoms with Crippen molar-refractivity contribution in [2.75, 3.05) is 32.6 Å². The number of rotatable bonds is 9. The van der Waals surface area contributed by atoms with E-state index in [1.165, 1.54) is 0 Å².